The molecule has 18 nitrogen and oxygen atoms in total. The number of imidazole rings is 2. The molecule has 0 amide bonds. The average molecular weight is 1400 g/mol. The SMILES string of the molecule is BrB(Br)Br.C.CCn1c(=O)c2c(nc(NC3CCCCC3)n2Cc2ccc(O)c(Cl)c2)n(CCO)c1=O.CCn1c(=O)c2c(nc(NC3CCCCC3)n2Cc2ccc(OC)c(Cl)c2)n(CCO[Si](C)(C)C(C)(C)C)c1=O.ClCCl. The van der Waals surface area contributed by atoms with Crippen molar-refractivity contribution in [3.63, 3.8) is 0 Å². The van der Waals surface area contributed by atoms with Gasteiger partial charge in [0.2, 0.25) is 11.9 Å². The molecule has 0 spiro atoms. The highest BCUT2D eigenvalue weighted by atomic mass is 79.9. The van der Waals surface area contributed by atoms with Crippen LogP contribution in [-0.4, -0.2) is 96.8 Å². The molecular formula is C53H78BBr3Cl4N10O8Si. The Balaban J connectivity index is 0.000000310. The molecule has 0 atom stereocenters. The van der Waals surface area contributed by atoms with Crippen molar-refractivity contribution in [1.82, 2.24) is 37.4 Å². The molecule has 6 aromatic rings. The molecule has 27 heteroatoms. The van der Waals surface area contributed by atoms with E-state index in [-0.39, 0.29) is 93.5 Å². The van der Waals surface area contributed by atoms with Gasteiger partial charge in [0.15, 0.2) is 30.6 Å². The maximum absolute atomic E-state index is 13.8. The van der Waals surface area contributed by atoms with Crippen molar-refractivity contribution in [2.24, 2.45) is 0 Å². The first-order valence-corrected chi connectivity index (χ1v) is 34.0. The first kappa shape index (κ1) is 69.2. The number of hydrogen-bond acceptors (Lipinski definition) is 12. The van der Waals surface area contributed by atoms with Crippen molar-refractivity contribution in [3.05, 3.63) is 99.2 Å². The monoisotopic (exact) mass is 1400 g/mol. The molecule has 444 valence electrons. The topological polar surface area (TPSA) is 207 Å². The third kappa shape index (κ3) is 17.7. The van der Waals surface area contributed by atoms with Crippen molar-refractivity contribution >= 4 is 139 Å². The van der Waals surface area contributed by atoms with E-state index < -0.39 is 19.6 Å². The van der Waals surface area contributed by atoms with E-state index in [1.807, 2.05) is 29.7 Å². The van der Waals surface area contributed by atoms with E-state index in [0.717, 1.165) is 67.1 Å². The van der Waals surface area contributed by atoms with Crippen molar-refractivity contribution < 1.29 is 19.4 Å². The van der Waals surface area contributed by atoms with Gasteiger partial charge < -0.3 is 30.0 Å². The molecule has 4 heterocycles. The van der Waals surface area contributed by atoms with Crippen LogP contribution < -0.4 is 37.9 Å². The zero-order valence-corrected chi connectivity index (χ0v) is 55.0. The predicted molar refractivity (Wildman–Crippen MR) is 344 cm³/mol. The van der Waals surface area contributed by atoms with E-state index in [1.165, 1.54) is 28.0 Å². The summed E-state index contributed by atoms with van der Waals surface area (Å²) in [4.78, 5) is 63.1. The van der Waals surface area contributed by atoms with Gasteiger partial charge >= 0.3 is 14.6 Å². The number of benzene rings is 2. The van der Waals surface area contributed by atoms with E-state index in [4.69, 9.17) is 60.6 Å². The summed E-state index contributed by atoms with van der Waals surface area (Å²) in [6.07, 6.45) is 11.1. The van der Waals surface area contributed by atoms with Crippen LogP contribution in [0.15, 0.2) is 55.6 Å². The van der Waals surface area contributed by atoms with Gasteiger partial charge in [-0.15, -0.1) is 70.5 Å². The van der Waals surface area contributed by atoms with Gasteiger partial charge in [0.1, 0.15) is 11.5 Å². The van der Waals surface area contributed by atoms with Crippen LogP contribution in [-0.2, 0) is 43.7 Å². The standard InChI is InChI=1S/C29H44ClN5O4Si.C22H28ClN5O4.CH2Cl2.CH4.BBr3/c1-8-33-26(36)24-25(34(28(33)37)16-17-39-40(6,7)29(2,3)4)32-27(31-21-12-10-9-11-13-21)35(24)19-20-14-15-23(38-5)22(30)18-20;1-2-26-20(31)18-19(27(10-11-29)22(26)32)25-21(24-15-6-4-3-5-7-15)28(18)13-14-8-9-17(30)16(23)12-14;2-1-3;;2-1(3)4/h14-15,18,21H,8-13,16-17,19H2,1-7H3,(H,31,32);8-9,12,15,29-30H,2-7,10-11,13H2,1H3,(H,24,25);1H2;1H4;. The molecule has 2 aliphatic carbocycles. The summed E-state index contributed by atoms with van der Waals surface area (Å²) in [5.74, 6) is 1.67. The summed E-state index contributed by atoms with van der Waals surface area (Å²) in [7, 11) is -0.439. The molecule has 2 aliphatic rings. The molecular weight excluding hydrogens is 1330 g/mol. The Bertz CT molecular complexity index is 3220. The predicted octanol–water partition coefficient (Wildman–Crippen LogP) is 12.6. The lowest BCUT2D eigenvalue weighted by Gasteiger charge is -2.36. The summed E-state index contributed by atoms with van der Waals surface area (Å²) < 4.78 is 21.1. The van der Waals surface area contributed by atoms with E-state index in [1.54, 1.807) is 35.3 Å². The zero-order chi connectivity index (χ0) is 58.4. The molecule has 4 aromatic heterocycles. The van der Waals surface area contributed by atoms with Crippen LogP contribution in [0, 0.1) is 0 Å². The molecule has 4 N–H and O–H groups in total. The highest BCUT2D eigenvalue weighted by molar-refractivity contribution is 9.69. The molecule has 0 saturated heterocycles. The van der Waals surface area contributed by atoms with Crippen LogP contribution in [0.4, 0.5) is 11.9 Å². The van der Waals surface area contributed by atoms with E-state index in [2.05, 4.69) is 96.8 Å². The Kier molecular flexibility index (Phi) is 27.8. The third-order valence-electron chi connectivity index (χ3n) is 14.6. The van der Waals surface area contributed by atoms with Gasteiger partial charge in [-0.3, -0.25) is 37.0 Å². The number of halogens is 7. The number of nitrogens with zero attached hydrogens (tertiary/aromatic N) is 8. The Morgan fingerprint density at radius 3 is 1.49 bits per heavy atom. The Hall–Kier alpha value is -3.26. The average Bonchev–Trinajstić information content (AvgIpc) is 3.92. The molecule has 80 heavy (non-hydrogen) atoms. The first-order valence-electron chi connectivity index (χ1n) is 26.6. The minimum atomic E-state index is -2.02. The number of aliphatic hydroxyl groups is 1. The van der Waals surface area contributed by atoms with Crippen LogP contribution in [0.1, 0.15) is 117 Å². The van der Waals surface area contributed by atoms with Gasteiger partial charge in [-0.05, 0) is 93.1 Å². The number of anilines is 2. The minimum Gasteiger partial charge on any atom is -0.506 e. The normalized spacial score (nSPS) is 14.1. The number of nitrogens with one attached hydrogen (secondary N) is 2. The molecule has 8 rings (SSSR count). The largest absolute Gasteiger partial charge is 0.506 e. The van der Waals surface area contributed by atoms with Crippen molar-refractivity contribution in [2.45, 2.75) is 176 Å². The number of ether oxygens (including phenoxy) is 1. The van der Waals surface area contributed by atoms with Gasteiger partial charge in [0.05, 0.1) is 61.9 Å². The Morgan fingerprint density at radius 1 is 0.700 bits per heavy atom. The summed E-state index contributed by atoms with van der Waals surface area (Å²) in [6, 6.07) is 11.0. The molecule has 0 radical (unpaired) electrons. The molecule has 0 aliphatic heterocycles. The van der Waals surface area contributed by atoms with Crippen molar-refractivity contribution in [1.29, 1.82) is 0 Å². The maximum atomic E-state index is 13.8. The number of rotatable bonds is 17. The number of phenols is 1. The number of aromatic nitrogens is 8. The van der Waals surface area contributed by atoms with Crippen LogP contribution in [0.25, 0.3) is 22.3 Å². The fourth-order valence-electron chi connectivity index (χ4n) is 9.46. The number of hydrogen-bond donors (Lipinski definition) is 4. The van der Waals surface area contributed by atoms with Crippen molar-refractivity contribution in [3.8, 4) is 11.5 Å². The second-order valence-corrected chi connectivity index (χ2v) is 33.6. The number of aromatic hydroxyl groups is 1. The summed E-state index contributed by atoms with van der Waals surface area (Å²) in [5, 5.41) is 27.4. The van der Waals surface area contributed by atoms with Crippen molar-refractivity contribution in [2.75, 3.05) is 36.3 Å². The summed E-state index contributed by atoms with van der Waals surface area (Å²) in [6.45, 7) is 16.1. The summed E-state index contributed by atoms with van der Waals surface area (Å²) >= 11 is 31.4. The smallest absolute Gasteiger partial charge is 0.369 e. The second-order valence-electron chi connectivity index (χ2n) is 20.7. The fourth-order valence-corrected chi connectivity index (χ4v) is 11.0. The van der Waals surface area contributed by atoms with Gasteiger partial charge in [0.25, 0.3) is 11.1 Å². The van der Waals surface area contributed by atoms with Crippen LogP contribution in [0.3, 0.4) is 0 Å². The summed E-state index contributed by atoms with van der Waals surface area (Å²) in [5.41, 5.74) is 1.41. The fraction of sp³-hybridized carbons (Fsp3) is 0.585. The number of aliphatic hydroxyl groups excluding tert-OH is 1. The molecule has 2 fully saturated rings. The second kappa shape index (κ2) is 32.1. The van der Waals surface area contributed by atoms with Gasteiger partial charge in [-0.25, -0.2) is 9.59 Å². The highest BCUT2D eigenvalue weighted by Crippen LogP contribution is 2.37. The van der Waals surface area contributed by atoms with Crippen LogP contribution >= 0.6 is 93.7 Å². The minimum absolute atomic E-state index is 0. The number of phenolic OH excluding ortho intramolecular Hbond substituents is 1. The number of methoxy groups -OCH3 is 1. The molecule has 2 aromatic carbocycles. The van der Waals surface area contributed by atoms with E-state index in [0.29, 0.717) is 59.0 Å². The highest BCUT2D eigenvalue weighted by Gasteiger charge is 2.37. The molecule has 2 saturated carbocycles. The quantitative estimate of drug-likeness (QED) is 0.0497. The maximum Gasteiger partial charge on any atom is 0.369 e. The van der Waals surface area contributed by atoms with Gasteiger partial charge in [-0.2, -0.15) is 9.97 Å². The Morgan fingerprint density at radius 2 is 1.11 bits per heavy atom. The van der Waals surface area contributed by atoms with Gasteiger partial charge in [-0.1, -0.05) is 102 Å². The first-order chi connectivity index (χ1) is 37.5. The number of alkyl halides is 2. The lowest BCUT2D eigenvalue weighted by Crippen LogP contribution is -2.43. The van der Waals surface area contributed by atoms with Crippen LogP contribution in [0.5, 0.6) is 11.5 Å². The lowest BCUT2D eigenvalue weighted by molar-refractivity contribution is 0.270. The molecule has 0 unspecified atom stereocenters. The van der Waals surface area contributed by atoms with Gasteiger partial charge in [0, 0.05) is 25.2 Å². The third-order valence-corrected chi connectivity index (χ3v) is 19.7. The Labute approximate surface area is 515 Å². The van der Waals surface area contributed by atoms with Crippen LogP contribution in [0.2, 0.25) is 28.2 Å². The van der Waals surface area contributed by atoms with E-state index in [9.17, 15) is 29.4 Å². The number of fused-ring (bicyclic) bond motifs is 2. The van der Waals surface area contributed by atoms with E-state index >= 15 is 0 Å². The molecule has 0 bridgehead atoms. The lowest BCUT2D eigenvalue weighted by atomic mass is 9.96. The zero-order valence-electron chi connectivity index (χ0n) is 46.2.